The summed E-state index contributed by atoms with van der Waals surface area (Å²) in [6.45, 7) is 1.83. The number of benzene rings is 1. The van der Waals surface area contributed by atoms with Gasteiger partial charge in [-0.3, -0.25) is 4.57 Å². The maximum atomic E-state index is 11.9. The molecule has 0 heterocycles. The first-order chi connectivity index (χ1) is 7.05. The van der Waals surface area contributed by atoms with E-state index in [9.17, 15) is 9.67 Å². The SMILES string of the molecule is COP(=O)(OC)[C@@H](O)c1ccccc1C. The van der Waals surface area contributed by atoms with Gasteiger partial charge in [0.05, 0.1) is 0 Å². The van der Waals surface area contributed by atoms with Crippen LogP contribution in [0.1, 0.15) is 17.0 Å². The first kappa shape index (κ1) is 12.4. The standard InChI is InChI=1S/C10H15O4P/c1-8-6-4-5-7-9(8)10(11)15(12,13-2)14-3/h4-7,10-11H,1-3H3/t10-/m1/s1. The minimum absolute atomic E-state index is 0.560. The molecule has 1 aromatic carbocycles. The van der Waals surface area contributed by atoms with E-state index in [1.807, 2.05) is 19.1 Å². The normalized spacial score (nSPS) is 13.9. The summed E-state index contributed by atoms with van der Waals surface area (Å²) < 4.78 is 21.4. The minimum atomic E-state index is -3.47. The Morgan fingerprint density at radius 2 is 1.80 bits per heavy atom. The molecule has 0 bridgehead atoms. The number of aliphatic hydroxyl groups excluding tert-OH is 1. The minimum Gasteiger partial charge on any atom is -0.376 e. The van der Waals surface area contributed by atoms with E-state index in [4.69, 9.17) is 9.05 Å². The quantitative estimate of drug-likeness (QED) is 0.807. The second-order valence-electron chi connectivity index (χ2n) is 3.14. The van der Waals surface area contributed by atoms with E-state index in [2.05, 4.69) is 0 Å². The zero-order chi connectivity index (χ0) is 11.5. The average molecular weight is 230 g/mol. The van der Waals surface area contributed by atoms with Crippen LogP contribution in [0.5, 0.6) is 0 Å². The lowest BCUT2D eigenvalue weighted by atomic mass is 10.1. The molecule has 4 nitrogen and oxygen atoms in total. The van der Waals surface area contributed by atoms with E-state index in [0.29, 0.717) is 5.56 Å². The molecular formula is C10H15O4P. The van der Waals surface area contributed by atoms with E-state index in [1.54, 1.807) is 12.1 Å². The first-order valence-electron chi connectivity index (χ1n) is 4.50. The number of aliphatic hydroxyl groups is 1. The Kier molecular flexibility index (Phi) is 4.05. The van der Waals surface area contributed by atoms with E-state index in [-0.39, 0.29) is 0 Å². The highest BCUT2D eigenvalue weighted by Gasteiger charge is 2.34. The zero-order valence-corrected chi connectivity index (χ0v) is 9.90. The van der Waals surface area contributed by atoms with E-state index in [1.165, 1.54) is 14.2 Å². The third-order valence-electron chi connectivity index (χ3n) is 2.28. The summed E-state index contributed by atoms with van der Waals surface area (Å²) >= 11 is 0. The van der Waals surface area contributed by atoms with Crippen LogP contribution < -0.4 is 0 Å². The van der Waals surface area contributed by atoms with Gasteiger partial charge in [-0.25, -0.2) is 0 Å². The Balaban J connectivity index is 3.09. The molecule has 0 spiro atoms. The predicted octanol–water partition coefficient (Wildman–Crippen LogP) is 2.47. The van der Waals surface area contributed by atoms with Crippen LogP contribution in [0.25, 0.3) is 0 Å². The van der Waals surface area contributed by atoms with Gasteiger partial charge in [-0.2, -0.15) is 0 Å². The summed E-state index contributed by atoms with van der Waals surface area (Å²) in [7, 11) is -0.954. The number of aryl methyl sites for hydroxylation is 1. The molecule has 84 valence electrons. The lowest BCUT2D eigenvalue weighted by Gasteiger charge is -2.21. The van der Waals surface area contributed by atoms with Crippen molar-refractivity contribution in [3.8, 4) is 0 Å². The van der Waals surface area contributed by atoms with Crippen molar-refractivity contribution in [2.75, 3.05) is 14.2 Å². The average Bonchev–Trinajstić information content (AvgIpc) is 2.28. The van der Waals surface area contributed by atoms with Gasteiger partial charge in [0.15, 0.2) is 5.85 Å². The molecule has 0 unspecified atom stereocenters. The van der Waals surface area contributed by atoms with Crippen molar-refractivity contribution in [3.05, 3.63) is 35.4 Å². The molecule has 0 saturated heterocycles. The number of hydrogen-bond donors (Lipinski definition) is 1. The monoisotopic (exact) mass is 230 g/mol. The van der Waals surface area contributed by atoms with Gasteiger partial charge in [0, 0.05) is 14.2 Å². The Labute approximate surface area is 89.4 Å². The van der Waals surface area contributed by atoms with Crippen molar-refractivity contribution in [3.63, 3.8) is 0 Å². The van der Waals surface area contributed by atoms with E-state index < -0.39 is 13.4 Å². The summed E-state index contributed by atoms with van der Waals surface area (Å²) in [5.41, 5.74) is 1.41. The fourth-order valence-corrected chi connectivity index (χ4v) is 2.50. The summed E-state index contributed by atoms with van der Waals surface area (Å²) in [5.74, 6) is -1.24. The highest BCUT2D eigenvalue weighted by molar-refractivity contribution is 7.54. The fraction of sp³-hybridized carbons (Fsp3) is 0.400. The second-order valence-corrected chi connectivity index (χ2v) is 5.43. The topological polar surface area (TPSA) is 55.8 Å². The molecule has 0 aromatic heterocycles. The van der Waals surface area contributed by atoms with Crippen molar-refractivity contribution in [1.82, 2.24) is 0 Å². The largest absolute Gasteiger partial charge is 0.376 e. The lowest BCUT2D eigenvalue weighted by Crippen LogP contribution is -2.04. The van der Waals surface area contributed by atoms with Crippen molar-refractivity contribution in [1.29, 1.82) is 0 Å². The molecule has 0 saturated carbocycles. The molecule has 0 aliphatic heterocycles. The first-order valence-corrected chi connectivity index (χ1v) is 6.11. The smallest absolute Gasteiger partial charge is 0.362 e. The Morgan fingerprint density at radius 3 is 2.27 bits per heavy atom. The van der Waals surface area contributed by atoms with Crippen LogP contribution in [-0.4, -0.2) is 19.3 Å². The van der Waals surface area contributed by atoms with Crippen molar-refractivity contribution < 1.29 is 18.7 Å². The molecule has 0 aliphatic rings. The van der Waals surface area contributed by atoms with Gasteiger partial charge in [-0.15, -0.1) is 0 Å². The van der Waals surface area contributed by atoms with Gasteiger partial charge in [0.25, 0.3) is 0 Å². The molecule has 1 N–H and O–H groups in total. The van der Waals surface area contributed by atoms with Crippen molar-refractivity contribution in [2.45, 2.75) is 12.8 Å². The van der Waals surface area contributed by atoms with Crippen molar-refractivity contribution >= 4 is 7.60 Å². The lowest BCUT2D eigenvalue weighted by molar-refractivity contribution is 0.175. The van der Waals surface area contributed by atoms with Gasteiger partial charge < -0.3 is 14.2 Å². The number of rotatable bonds is 4. The van der Waals surface area contributed by atoms with Crippen LogP contribution in [0.2, 0.25) is 0 Å². The molecule has 0 radical (unpaired) electrons. The molecule has 5 heteroatoms. The van der Waals surface area contributed by atoms with Crippen LogP contribution in [0.3, 0.4) is 0 Å². The third-order valence-corrected chi connectivity index (χ3v) is 4.17. The van der Waals surface area contributed by atoms with Crippen LogP contribution in [0, 0.1) is 6.92 Å². The van der Waals surface area contributed by atoms with Crippen LogP contribution in [0.4, 0.5) is 0 Å². The molecule has 0 amide bonds. The van der Waals surface area contributed by atoms with Crippen LogP contribution in [-0.2, 0) is 13.6 Å². The Bertz CT molecular complexity index is 369. The van der Waals surface area contributed by atoms with Gasteiger partial charge >= 0.3 is 7.60 Å². The van der Waals surface area contributed by atoms with Crippen LogP contribution >= 0.6 is 7.60 Å². The Morgan fingerprint density at radius 1 is 1.27 bits per heavy atom. The molecule has 0 fully saturated rings. The maximum absolute atomic E-state index is 11.9. The second kappa shape index (κ2) is 4.90. The molecular weight excluding hydrogens is 215 g/mol. The number of hydrogen-bond acceptors (Lipinski definition) is 4. The molecule has 0 aliphatic carbocycles. The van der Waals surface area contributed by atoms with Gasteiger partial charge in [-0.1, -0.05) is 24.3 Å². The van der Waals surface area contributed by atoms with E-state index >= 15 is 0 Å². The van der Waals surface area contributed by atoms with Gasteiger partial charge in [0.2, 0.25) is 0 Å². The highest BCUT2D eigenvalue weighted by atomic mass is 31.2. The fourth-order valence-electron chi connectivity index (χ4n) is 1.32. The van der Waals surface area contributed by atoms with Crippen LogP contribution in [0.15, 0.2) is 24.3 Å². The highest BCUT2D eigenvalue weighted by Crippen LogP contribution is 2.58. The van der Waals surface area contributed by atoms with E-state index in [0.717, 1.165) is 5.56 Å². The molecule has 1 aromatic rings. The third kappa shape index (κ3) is 2.47. The zero-order valence-electron chi connectivity index (χ0n) is 9.01. The van der Waals surface area contributed by atoms with Crippen molar-refractivity contribution in [2.24, 2.45) is 0 Å². The maximum Gasteiger partial charge on any atom is 0.362 e. The van der Waals surface area contributed by atoms with Gasteiger partial charge in [-0.05, 0) is 18.1 Å². The van der Waals surface area contributed by atoms with Gasteiger partial charge in [0.1, 0.15) is 0 Å². The summed E-state index contributed by atoms with van der Waals surface area (Å²) in [5, 5.41) is 9.91. The predicted molar refractivity (Wildman–Crippen MR) is 57.8 cm³/mol. The summed E-state index contributed by atoms with van der Waals surface area (Å²) in [6.07, 6.45) is 0. The summed E-state index contributed by atoms with van der Waals surface area (Å²) in [6, 6.07) is 7.14. The molecule has 1 atom stereocenters. The Hall–Kier alpha value is -0.670. The summed E-state index contributed by atoms with van der Waals surface area (Å²) in [4.78, 5) is 0. The molecule has 1 rings (SSSR count). The molecule has 15 heavy (non-hydrogen) atoms.